The maximum absolute atomic E-state index is 14.4. The number of nitrogens with two attached hydrogens (primary N) is 1. The molecule has 5 aromatic rings. The smallest absolute Gasteiger partial charge is 0.459 e. The number of aromatic nitrogens is 4. The number of nitrogen functional groups attached to an aromatic ring is 1. The molecule has 0 saturated carbocycles. The van der Waals surface area contributed by atoms with E-state index in [9.17, 15) is 24.4 Å². The quantitative estimate of drug-likeness (QED) is 0.0950. The molecular formula is C32H35N6O9P. The van der Waals surface area contributed by atoms with Crippen LogP contribution in [0.1, 0.15) is 25.6 Å². The maximum Gasteiger partial charge on any atom is 0.459 e. The minimum Gasteiger partial charge on any atom is -0.464 e. The van der Waals surface area contributed by atoms with Crippen LogP contribution in [0.3, 0.4) is 0 Å². The Labute approximate surface area is 274 Å². The van der Waals surface area contributed by atoms with Gasteiger partial charge in [0, 0.05) is 11.8 Å². The molecule has 3 aromatic carbocycles. The van der Waals surface area contributed by atoms with Crippen LogP contribution in [-0.4, -0.2) is 72.8 Å². The number of fused-ring (bicyclic) bond motifs is 2. The number of anilines is 1. The fraction of sp³-hybridized carbons (Fsp3) is 0.312. The Morgan fingerprint density at radius 1 is 1.17 bits per heavy atom. The van der Waals surface area contributed by atoms with Crippen molar-refractivity contribution >= 4 is 41.6 Å². The summed E-state index contributed by atoms with van der Waals surface area (Å²) in [5.41, 5.74) is 4.11. The molecule has 1 fully saturated rings. The van der Waals surface area contributed by atoms with E-state index in [0.29, 0.717) is 11.8 Å². The van der Waals surface area contributed by atoms with Crippen LogP contribution in [0, 0.1) is 0 Å². The van der Waals surface area contributed by atoms with Crippen LogP contribution in [-0.2, 0) is 29.8 Å². The number of nitrogens with one attached hydrogen (secondary N) is 2. The Morgan fingerprint density at radius 3 is 2.69 bits per heavy atom. The van der Waals surface area contributed by atoms with E-state index in [1.165, 1.54) is 24.7 Å². The second kappa shape index (κ2) is 13.5. The molecule has 1 unspecified atom stereocenters. The summed E-state index contributed by atoms with van der Waals surface area (Å²) in [5.74, 6) is -0.659. The second-order valence-corrected chi connectivity index (χ2v) is 13.3. The van der Waals surface area contributed by atoms with Crippen LogP contribution in [0.4, 0.5) is 5.95 Å². The Balaban J connectivity index is 1.21. The number of imidazole rings is 1. The molecule has 1 aliphatic rings. The van der Waals surface area contributed by atoms with Gasteiger partial charge in [-0.25, -0.2) is 9.55 Å². The fourth-order valence-corrected chi connectivity index (χ4v) is 7.01. The zero-order valence-electron chi connectivity index (χ0n) is 26.1. The number of carbonyl (C=O) groups excluding carboxylic acids is 1. The van der Waals surface area contributed by atoms with Crippen LogP contribution in [0.2, 0.25) is 0 Å². The number of hydrogen-bond donors (Lipinski definition) is 5. The summed E-state index contributed by atoms with van der Waals surface area (Å²) in [5, 5.41) is 26.6. The number of esters is 1. The highest BCUT2D eigenvalue weighted by atomic mass is 31.2. The first kappa shape index (κ1) is 33.3. The van der Waals surface area contributed by atoms with E-state index in [-0.39, 0.29) is 29.5 Å². The Bertz CT molecular complexity index is 2030. The Morgan fingerprint density at radius 2 is 1.90 bits per heavy atom. The van der Waals surface area contributed by atoms with Gasteiger partial charge >= 0.3 is 13.7 Å². The van der Waals surface area contributed by atoms with Crippen molar-refractivity contribution < 1.29 is 38.1 Å². The summed E-state index contributed by atoms with van der Waals surface area (Å²) in [4.78, 5) is 35.7. The summed E-state index contributed by atoms with van der Waals surface area (Å²) >= 11 is 0. The van der Waals surface area contributed by atoms with Gasteiger partial charge in [0.2, 0.25) is 5.95 Å². The number of ether oxygens (including phenoxy) is 2. The molecule has 0 aliphatic carbocycles. The largest absolute Gasteiger partial charge is 0.464 e. The summed E-state index contributed by atoms with van der Waals surface area (Å²) in [7, 11) is -4.42. The van der Waals surface area contributed by atoms with E-state index >= 15 is 0 Å². The van der Waals surface area contributed by atoms with Crippen molar-refractivity contribution in [2.45, 2.75) is 50.3 Å². The van der Waals surface area contributed by atoms with Crippen molar-refractivity contribution in [3.05, 3.63) is 95.0 Å². The van der Waals surface area contributed by atoms with E-state index in [4.69, 9.17) is 24.3 Å². The lowest BCUT2D eigenvalue weighted by Crippen LogP contribution is -2.44. The van der Waals surface area contributed by atoms with Gasteiger partial charge in [0.1, 0.15) is 29.6 Å². The molecule has 6 N–H and O–H groups in total. The highest BCUT2D eigenvalue weighted by molar-refractivity contribution is 7.52. The number of aliphatic hydroxyl groups is 2. The lowest BCUT2D eigenvalue weighted by Gasteiger charge is -2.27. The molecule has 16 heteroatoms. The molecule has 1 saturated heterocycles. The fourth-order valence-electron chi connectivity index (χ4n) is 5.49. The molecule has 3 heterocycles. The normalized spacial score (nSPS) is 22.8. The first-order valence-electron chi connectivity index (χ1n) is 15.1. The van der Waals surface area contributed by atoms with Crippen LogP contribution < -0.4 is 20.9 Å². The first-order valence-corrected chi connectivity index (χ1v) is 16.7. The monoisotopic (exact) mass is 678 g/mol. The van der Waals surface area contributed by atoms with Crippen molar-refractivity contribution in [3.63, 3.8) is 0 Å². The molecule has 6 atom stereocenters. The Kier molecular flexibility index (Phi) is 9.34. The molecule has 0 amide bonds. The van der Waals surface area contributed by atoms with Gasteiger partial charge in [0.15, 0.2) is 17.4 Å². The summed E-state index contributed by atoms with van der Waals surface area (Å²) in [6, 6.07) is 20.8. The standard InChI is InChI=1S/C32H35N6O9P/c1-19(29(41)44-16-15-20-9-4-3-5-10-20)37-48(43,47-23-14-8-12-21-11-6-7-13-22(21)23)45-17-24-26(39)32(2,42)30(46-24)38-18-34-25-27(38)35-31(33)36-28(25)40/h3-14,18-19,24,26,30,39,42H,15-17H2,1-2H3,(H,37,43)(H3,33,35,36,40)/t19-,24+,26+,30+,32+,48?/m0/s1. The zero-order chi connectivity index (χ0) is 34.1. The van der Waals surface area contributed by atoms with E-state index in [2.05, 4.69) is 20.0 Å². The van der Waals surface area contributed by atoms with Gasteiger partial charge in [0.05, 0.1) is 19.5 Å². The van der Waals surface area contributed by atoms with Gasteiger partial charge in [-0.1, -0.05) is 66.7 Å². The van der Waals surface area contributed by atoms with Crippen LogP contribution in [0.15, 0.2) is 83.9 Å². The summed E-state index contributed by atoms with van der Waals surface area (Å²) in [6.07, 6.45) is -2.43. The van der Waals surface area contributed by atoms with Gasteiger partial charge in [0.25, 0.3) is 5.56 Å². The zero-order valence-corrected chi connectivity index (χ0v) is 26.9. The van der Waals surface area contributed by atoms with E-state index in [0.717, 1.165) is 10.9 Å². The van der Waals surface area contributed by atoms with Crippen molar-refractivity contribution in [1.29, 1.82) is 0 Å². The number of carbonyl (C=O) groups is 1. The number of H-pyrrole nitrogens is 1. The maximum atomic E-state index is 14.4. The minimum absolute atomic E-state index is 0.0153. The van der Waals surface area contributed by atoms with Crippen LogP contribution >= 0.6 is 7.75 Å². The van der Waals surface area contributed by atoms with Crippen LogP contribution in [0.25, 0.3) is 21.9 Å². The van der Waals surface area contributed by atoms with Crippen LogP contribution in [0.5, 0.6) is 5.75 Å². The van der Waals surface area contributed by atoms with E-state index < -0.39 is 56.0 Å². The van der Waals surface area contributed by atoms with E-state index in [1.807, 2.05) is 48.5 Å². The van der Waals surface area contributed by atoms with Gasteiger partial charge in [-0.3, -0.25) is 23.7 Å². The number of benzene rings is 3. The van der Waals surface area contributed by atoms with Crippen molar-refractivity contribution in [2.75, 3.05) is 18.9 Å². The molecule has 0 bridgehead atoms. The third-order valence-corrected chi connectivity index (χ3v) is 9.65. The molecule has 252 valence electrons. The van der Waals surface area contributed by atoms with Crippen molar-refractivity contribution in [2.24, 2.45) is 0 Å². The lowest BCUT2D eigenvalue weighted by atomic mass is 9.96. The number of aliphatic hydroxyl groups excluding tert-OH is 1. The molecule has 0 spiro atoms. The number of hydrogen-bond acceptors (Lipinski definition) is 12. The Hall–Kier alpha value is -4.63. The second-order valence-electron chi connectivity index (χ2n) is 11.6. The highest BCUT2D eigenvalue weighted by Gasteiger charge is 2.54. The minimum atomic E-state index is -4.42. The number of nitrogens with zero attached hydrogens (tertiary/aromatic N) is 3. The average Bonchev–Trinajstić information content (AvgIpc) is 3.57. The van der Waals surface area contributed by atoms with Gasteiger partial charge in [-0.05, 0) is 30.9 Å². The predicted molar refractivity (Wildman–Crippen MR) is 175 cm³/mol. The summed E-state index contributed by atoms with van der Waals surface area (Å²) in [6.45, 7) is 2.32. The average molecular weight is 679 g/mol. The molecule has 0 radical (unpaired) electrons. The molecule has 48 heavy (non-hydrogen) atoms. The third kappa shape index (κ3) is 6.83. The molecule has 15 nitrogen and oxygen atoms in total. The summed E-state index contributed by atoms with van der Waals surface area (Å²) < 4.78 is 38.9. The molecule has 2 aromatic heterocycles. The number of rotatable bonds is 12. The highest BCUT2D eigenvalue weighted by Crippen LogP contribution is 2.48. The number of aromatic amines is 1. The predicted octanol–water partition coefficient (Wildman–Crippen LogP) is 2.83. The molecule has 6 rings (SSSR count). The molecular weight excluding hydrogens is 643 g/mol. The first-order chi connectivity index (χ1) is 22.9. The van der Waals surface area contributed by atoms with Crippen molar-refractivity contribution in [3.8, 4) is 5.75 Å². The lowest BCUT2D eigenvalue weighted by molar-refractivity contribution is -0.145. The van der Waals surface area contributed by atoms with E-state index in [1.54, 1.807) is 24.3 Å². The van der Waals surface area contributed by atoms with Gasteiger partial charge in [-0.2, -0.15) is 10.1 Å². The third-order valence-electron chi connectivity index (χ3n) is 8.02. The molecule has 1 aliphatic heterocycles. The van der Waals surface area contributed by atoms with Crippen molar-refractivity contribution in [1.82, 2.24) is 24.6 Å². The van der Waals surface area contributed by atoms with Gasteiger partial charge in [-0.15, -0.1) is 0 Å². The topological polar surface area (TPSA) is 213 Å². The van der Waals surface area contributed by atoms with Gasteiger partial charge < -0.3 is 29.9 Å². The SMILES string of the molecule is C[C@H](NP(=O)(OC[C@H]1O[C@@H](n2cnc3c(=O)[nH]c(N)nc32)[C@](C)(O)[C@@H]1O)Oc1cccc2ccccc12)C(=O)OCCc1ccccc1.